The van der Waals surface area contributed by atoms with Crippen LogP contribution in [0.1, 0.15) is 74.7 Å². The Kier molecular flexibility index (Phi) is 31.6. The van der Waals surface area contributed by atoms with Gasteiger partial charge in [0.2, 0.25) is 88.6 Å². The standard InChI is InChI=1S/C43H72N16O17/c1-20(52-29(61)13-45-27(8)60)36(68)46-14-30(62)53-21(2)37(69)47-15-31(63)54-22(3)38(70)48-16-32(64)55-23(4)39(71)49-17-33(65)56-24(5)40(72)50-18-34(66)57-25(6)41(73)51-19-35(67)58-26(7)42(74)59-28(43(75)76)11-9-10-12-44/h20-26,28H,9-19,44H2,1-8H3,(H,45,60)(H,46,68)(H,47,69)(H,48,70)(H,49,71)(H,50,72)(H,51,73)(H,52,61)(H,53,62)(H,54,63)(H,55,64)(H,56,65)(H,57,66)(H,58,67)(H,59,74)(H,75,76)/t20-,21-,22-,23-,24-,25-,26-,28-/m0/s1. The number of carbonyl (C=O) groups is 16. The van der Waals surface area contributed by atoms with E-state index in [1.165, 1.54) is 55.4 Å². The highest BCUT2D eigenvalue weighted by atomic mass is 16.4. The topological polar surface area (TPSA) is 500 Å². The zero-order chi connectivity index (χ0) is 58.2. The number of nitrogens with one attached hydrogen (secondary N) is 15. The predicted molar refractivity (Wildman–Crippen MR) is 262 cm³/mol. The molecule has 33 heteroatoms. The Balaban J connectivity index is 4.55. The van der Waals surface area contributed by atoms with Gasteiger partial charge in [-0.05, 0) is 74.3 Å². The maximum Gasteiger partial charge on any atom is 0.326 e. The van der Waals surface area contributed by atoms with E-state index in [4.69, 9.17) is 5.73 Å². The lowest BCUT2D eigenvalue weighted by Crippen LogP contribution is -2.54. The summed E-state index contributed by atoms with van der Waals surface area (Å²) in [5.74, 6) is -12.9. The number of rotatable bonds is 34. The summed E-state index contributed by atoms with van der Waals surface area (Å²) in [5, 5.41) is 43.5. The van der Waals surface area contributed by atoms with Crippen molar-refractivity contribution in [3.05, 3.63) is 0 Å². The number of carboxylic acid groups (broad SMARTS) is 1. The van der Waals surface area contributed by atoms with E-state index in [9.17, 15) is 81.8 Å². The molecule has 0 bridgehead atoms. The predicted octanol–water partition coefficient (Wildman–Crippen LogP) is -9.95. The third kappa shape index (κ3) is 29.9. The van der Waals surface area contributed by atoms with Crippen LogP contribution in [0.25, 0.3) is 0 Å². The molecule has 0 rings (SSSR count). The van der Waals surface area contributed by atoms with Crippen LogP contribution in [-0.4, -0.2) is 200 Å². The molecular weight excluding hydrogens is 1010 g/mol. The largest absolute Gasteiger partial charge is 0.480 e. The van der Waals surface area contributed by atoms with Crippen molar-refractivity contribution in [3.63, 3.8) is 0 Å². The summed E-state index contributed by atoms with van der Waals surface area (Å²) >= 11 is 0. The average molecular weight is 1090 g/mol. The summed E-state index contributed by atoms with van der Waals surface area (Å²) in [6.07, 6.45) is 1.14. The molecule has 0 spiro atoms. The minimum Gasteiger partial charge on any atom is -0.480 e. The fourth-order valence-corrected chi connectivity index (χ4v) is 5.68. The van der Waals surface area contributed by atoms with Crippen molar-refractivity contribution in [2.45, 2.75) is 123 Å². The van der Waals surface area contributed by atoms with Crippen LogP contribution in [0, 0.1) is 0 Å². The number of unbranched alkanes of at least 4 members (excludes halogenated alkanes) is 1. The molecule has 15 amide bonds. The first-order chi connectivity index (χ1) is 35.5. The highest BCUT2D eigenvalue weighted by Gasteiger charge is 2.26. The number of hydrogen-bond acceptors (Lipinski definition) is 17. The normalized spacial score (nSPS) is 13.6. The summed E-state index contributed by atoms with van der Waals surface area (Å²) in [4.78, 5) is 195. The van der Waals surface area contributed by atoms with Crippen LogP contribution in [0.3, 0.4) is 0 Å². The summed E-state index contributed by atoms with van der Waals surface area (Å²) < 4.78 is 0. The Morgan fingerprint density at radius 1 is 0.329 bits per heavy atom. The van der Waals surface area contributed by atoms with Crippen LogP contribution in [0.2, 0.25) is 0 Å². The highest BCUT2D eigenvalue weighted by Crippen LogP contribution is 2.02. The second-order valence-corrected chi connectivity index (χ2v) is 16.9. The number of nitrogens with two attached hydrogens (primary N) is 1. The van der Waals surface area contributed by atoms with Crippen LogP contribution in [-0.2, 0) is 76.7 Å². The lowest BCUT2D eigenvalue weighted by molar-refractivity contribution is -0.142. The molecule has 0 aromatic carbocycles. The monoisotopic (exact) mass is 1080 g/mol. The Morgan fingerprint density at radius 3 is 0.737 bits per heavy atom. The van der Waals surface area contributed by atoms with Gasteiger partial charge in [-0.1, -0.05) is 0 Å². The molecule has 0 aliphatic carbocycles. The van der Waals surface area contributed by atoms with Gasteiger partial charge in [-0.25, -0.2) is 4.79 Å². The van der Waals surface area contributed by atoms with Gasteiger partial charge in [-0.3, -0.25) is 71.9 Å². The molecule has 0 aliphatic heterocycles. The van der Waals surface area contributed by atoms with E-state index in [-0.39, 0.29) is 13.0 Å². The molecule has 0 heterocycles. The van der Waals surface area contributed by atoms with E-state index in [0.29, 0.717) is 19.4 Å². The zero-order valence-electron chi connectivity index (χ0n) is 43.5. The first kappa shape index (κ1) is 67.5. The second-order valence-electron chi connectivity index (χ2n) is 16.9. The highest BCUT2D eigenvalue weighted by molar-refractivity contribution is 5.97. The van der Waals surface area contributed by atoms with E-state index in [1.54, 1.807) is 0 Å². The SMILES string of the molecule is CC(=O)NCC(=O)N[C@@H](C)C(=O)NCC(=O)N[C@@H](C)C(=O)NCC(=O)N[C@@H](C)C(=O)NCC(=O)N[C@@H](C)C(=O)NCC(=O)N[C@@H](C)C(=O)NCC(=O)N[C@@H](C)C(=O)NCC(=O)N[C@@H](C)C(=O)N[C@@H](CCCCN)C(=O)O. The van der Waals surface area contributed by atoms with Gasteiger partial charge in [0, 0.05) is 6.92 Å². The number of carboxylic acids is 1. The maximum atomic E-state index is 12.5. The Hall–Kier alpha value is -8.52. The van der Waals surface area contributed by atoms with Gasteiger partial charge in [0.15, 0.2) is 0 Å². The van der Waals surface area contributed by atoms with Gasteiger partial charge in [-0.15, -0.1) is 0 Å². The summed E-state index contributed by atoms with van der Waals surface area (Å²) in [5.41, 5.74) is 5.41. The first-order valence-electron chi connectivity index (χ1n) is 23.7. The minimum atomic E-state index is -1.26. The fraction of sp³-hybridized carbons (Fsp3) is 0.628. The van der Waals surface area contributed by atoms with E-state index < -0.39 is 182 Å². The molecule has 8 atom stereocenters. The van der Waals surface area contributed by atoms with Gasteiger partial charge in [0.1, 0.15) is 48.3 Å². The van der Waals surface area contributed by atoms with Crippen LogP contribution >= 0.6 is 0 Å². The molecule has 76 heavy (non-hydrogen) atoms. The number of amides is 15. The van der Waals surface area contributed by atoms with Crippen LogP contribution < -0.4 is 85.5 Å². The van der Waals surface area contributed by atoms with Crippen molar-refractivity contribution in [3.8, 4) is 0 Å². The Bertz CT molecular complexity index is 2140. The smallest absolute Gasteiger partial charge is 0.326 e. The van der Waals surface area contributed by atoms with Crippen LogP contribution in [0.5, 0.6) is 0 Å². The molecule has 426 valence electrons. The van der Waals surface area contributed by atoms with Gasteiger partial charge in [0.25, 0.3) is 0 Å². The molecule has 0 fully saturated rings. The second kappa shape index (κ2) is 35.6. The van der Waals surface area contributed by atoms with E-state index in [2.05, 4.69) is 79.8 Å². The van der Waals surface area contributed by atoms with Gasteiger partial charge in [-0.2, -0.15) is 0 Å². The number of carbonyl (C=O) groups excluding carboxylic acids is 15. The van der Waals surface area contributed by atoms with Gasteiger partial charge >= 0.3 is 5.97 Å². The molecule has 0 saturated heterocycles. The molecule has 0 radical (unpaired) electrons. The lowest BCUT2D eigenvalue weighted by atomic mass is 10.1. The average Bonchev–Trinajstić information content (AvgIpc) is 3.35. The zero-order valence-corrected chi connectivity index (χ0v) is 43.5. The fourth-order valence-electron chi connectivity index (χ4n) is 5.68. The van der Waals surface area contributed by atoms with Crippen molar-refractivity contribution in [1.82, 2.24) is 79.8 Å². The third-order valence-corrected chi connectivity index (χ3v) is 9.99. The van der Waals surface area contributed by atoms with Gasteiger partial charge in [0.05, 0.1) is 45.8 Å². The third-order valence-electron chi connectivity index (χ3n) is 9.99. The maximum absolute atomic E-state index is 12.5. The summed E-state index contributed by atoms with van der Waals surface area (Å²) in [6, 6.07) is -9.43. The lowest BCUT2D eigenvalue weighted by Gasteiger charge is -2.19. The molecule has 0 saturated carbocycles. The molecule has 0 unspecified atom stereocenters. The molecule has 0 aromatic heterocycles. The quantitative estimate of drug-likeness (QED) is 0.0266. The van der Waals surface area contributed by atoms with Crippen molar-refractivity contribution in [2.24, 2.45) is 5.73 Å². The molecular formula is C43H72N16O17. The van der Waals surface area contributed by atoms with E-state index >= 15 is 0 Å². The Morgan fingerprint density at radius 2 is 0.539 bits per heavy atom. The van der Waals surface area contributed by atoms with Crippen LogP contribution in [0.4, 0.5) is 0 Å². The molecule has 18 N–H and O–H groups in total. The molecule has 33 nitrogen and oxygen atoms in total. The van der Waals surface area contributed by atoms with E-state index in [0.717, 1.165) is 0 Å². The van der Waals surface area contributed by atoms with Gasteiger partial charge < -0.3 is 90.6 Å². The van der Waals surface area contributed by atoms with E-state index in [1.807, 2.05) is 0 Å². The molecule has 0 aliphatic rings. The van der Waals surface area contributed by atoms with Crippen molar-refractivity contribution in [1.29, 1.82) is 0 Å². The van der Waals surface area contributed by atoms with Crippen LogP contribution in [0.15, 0.2) is 0 Å². The number of hydrogen-bond donors (Lipinski definition) is 17. The number of aliphatic carboxylic acids is 1. The van der Waals surface area contributed by atoms with Crippen molar-refractivity contribution in [2.75, 3.05) is 52.4 Å². The Labute approximate surface area is 436 Å². The molecule has 0 aromatic rings. The van der Waals surface area contributed by atoms with Crippen molar-refractivity contribution < 1.29 is 81.8 Å². The summed E-state index contributed by atoms with van der Waals surface area (Å²) in [6.45, 7) is 6.49. The first-order valence-corrected chi connectivity index (χ1v) is 23.7. The minimum absolute atomic E-state index is 0.132. The van der Waals surface area contributed by atoms with Crippen molar-refractivity contribution >= 4 is 94.6 Å². The summed E-state index contributed by atoms with van der Waals surface area (Å²) in [7, 11) is 0.